The molecule has 0 radical (unpaired) electrons. The van der Waals surface area contributed by atoms with Crippen molar-refractivity contribution in [3.8, 4) is 0 Å². The maximum absolute atomic E-state index is 8.66. The van der Waals surface area contributed by atoms with Crippen molar-refractivity contribution in [3.63, 3.8) is 0 Å². The van der Waals surface area contributed by atoms with Crippen molar-refractivity contribution in [1.29, 1.82) is 0 Å². The Balaban J connectivity index is 2.14. The van der Waals surface area contributed by atoms with E-state index in [9.17, 15) is 0 Å². The van der Waals surface area contributed by atoms with E-state index >= 15 is 0 Å². The van der Waals surface area contributed by atoms with Crippen molar-refractivity contribution in [2.24, 2.45) is 11.3 Å². The van der Waals surface area contributed by atoms with E-state index in [0.29, 0.717) is 11.7 Å². The maximum atomic E-state index is 8.66. The molecule has 0 heterocycles. The molecule has 0 atom stereocenters. The van der Waals surface area contributed by atoms with Crippen LogP contribution in [-0.4, -0.2) is 17.2 Å². The fourth-order valence-corrected chi connectivity index (χ4v) is 1.91. The molecule has 0 bridgehead atoms. The van der Waals surface area contributed by atoms with E-state index in [1.54, 1.807) is 0 Å². The molecule has 1 aliphatic rings. The van der Waals surface area contributed by atoms with E-state index in [-0.39, 0.29) is 0 Å². The molecule has 0 saturated heterocycles. The van der Waals surface area contributed by atoms with E-state index in [0.717, 1.165) is 12.3 Å². The van der Waals surface area contributed by atoms with Gasteiger partial charge in [0.25, 0.3) is 0 Å². The lowest BCUT2D eigenvalue weighted by Gasteiger charge is -2.18. The molecule has 0 aromatic carbocycles. The molecule has 0 aromatic heterocycles. The normalized spacial score (nSPS) is 19.8. The van der Waals surface area contributed by atoms with Crippen LogP contribution >= 0.6 is 0 Å². The first-order valence-electron chi connectivity index (χ1n) is 4.93. The zero-order chi connectivity index (χ0) is 9.19. The van der Waals surface area contributed by atoms with Crippen LogP contribution in [0.15, 0.2) is 0 Å². The van der Waals surface area contributed by atoms with Gasteiger partial charge < -0.3 is 10.0 Å². The fourth-order valence-electron chi connectivity index (χ4n) is 1.91. The number of rotatable bonds is 5. The fraction of sp³-hybridized carbons (Fsp3) is 1.00. The summed E-state index contributed by atoms with van der Waals surface area (Å²) in [6.07, 6.45) is 5.34. The van der Waals surface area contributed by atoms with Crippen LogP contribution < -0.4 is 0 Å². The summed E-state index contributed by atoms with van der Waals surface area (Å²) in [6.45, 7) is 4.53. The topological polar surface area (TPSA) is 40.5 Å². The highest BCUT2D eigenvalue weighted by Crippen LogP contribution is 2.55. The molecular weight excluding hydrogens is 151 g/mol. The minimum atomic E-state index is -1.10. The standard InChI is InChI=1S/C9H19BO2/c1-8(2)9(5-6-9)4-3-7-10(11)12/h8,11-12H,3-7H2,1-2H3. The molecule has 3 heteroatoms. The Hall–Kier alpha value is -0.0151. The van der Waals surface area contributed by atoms with Crippen LogP contribution in [0.5, 0.6) is 0 Å². The Morgan fingerprint density at radius 3 is 2.25 bits per heavy atom. The van der Waals surface area contributed by atoms with Gasteiger partial charge in [-0.15, -0.1) is 0 Å². The lowest BCUT2D eigenvalue weighted by molar-refractivity contribution is 0.323. The summed E-state index contributed by atoms with van der Waals surface area (Å²) in [5.74, 6) is 0.758. The van der Waals surface area contributed by atoms with Gasteiger partial charge in [0.05, 0.1) is 0 Å². The largest absolute Gasteiger partial charge is 0.451 e. The van der Waals surface area contributed by atoms with Gasteiger partial charge in [0.15, 0.2) is 0 Å². The SMILES string of the molecule is CC(C)C1(CCCB(O)O)CC1. The van der Waals surface area contributed by atoms with Gasteiger partial charge in [-0.3, -0.25) is 0 Å². The lowest BCUT2D eigenvalue weighted by Crippen LogP contribution is -2.13. The second-order valence-corrected chi connectivity index (χ2v) is 4.39. The van der Waals surface area contributed by atoms with Gasteiger partial charge in [0.1, 0.15) is 0 Å². The van der Waals surface area contributed by atoms with E-state index in [4.69, 9.17) is 10.0 Å². The van der Waals surface area contributed by atoms with Gasteiger partial charge in [0.2, 0.25) is 0 Å². The second-order valence-electron chi connectivity index (χ2n) is 4.39. The Kier molecular flexibility index (Phi) is 3.19. The third kappa shape index (κ3) is 2.49. The van der Waals surface area contributed by atoms with Crippen LogP contribution in [-0.2, 0) is 0 Å². The van der Waals surface area contributed by atoms with Crippen molar-refractivity contribution in [3.05, 3.63) is 0 Å². The molecule has 2 N–H and O–H groups in total. The average Bonchev–Trinajstić information content (AvgIpc) is 2.68. The predicted octanol–water partition coefficient (Wildman–Crippen LogP) is 1.68. The minimum absolute atomic E-state index is 0.536. The molecule has 1 aliphatic carbocycles. The second kappa shape index (κ2) is 3.80. The summed E-state index contributed by atoms with van der Waals surface area (Å²) in [5.41, 5.74) is 0.564. The molecule has 1 rings (SSSR count). The first-order valence-corrected chi connectivity index (χ1v) is 4.93. The Morgan fingerprint density at radius 2 is 1.92 bits per heavy atom. The minimum Gasteiger partial charge on any atom is -0.427 e. The van der Waals surface area contributed by atoms with Gasteiger partial charge in [-0.2, -0.15) is 0 Å². The highest BCUT2D eigenvalue weighted by molar-refractivity contribution is 6.40. The number of hydrogen-bond acceptors (Lipinski definition) is 2. The molecule has 0 aromatic rings. The van der Waals surface area contributed by atoms with Crippen molar-refractivity contribution < 1.29 is 10.0 Å². The molecule has 12 heavy (non-hydrogen) atoms. The molecular formula is C9H19BO2. The highest BCUT2D eigenvalue weighted by Gasteiger charge is 2.44. The molecule has 1 fully saturated rings. The van der Waals surface area contributed by atoms with Crippen LogP contribution in [0.1, 0.15) is 39.5 Å². The monoisotopic (exact) mass is 170 g/mol. The van der Waals surface area contributed by atoms with Gasteiger partial charge in [-0.1, -0.05) is 20.3 Å². The van der Waals surface area contributed by atoms with Crippen LogP contribution in [0.3, 0.4) is 0 Å². The smallest absolute Gasteiger partial charge is 0.427 e. The number of hydrogen-bond donors (Lipinski definition) is 2. The van der Waals surface area contributed by atoms with Crippen molar-refractivity contribution in [2.75, 3.05) is 0 Å². The van der Waals surface area contributed by atoms with Crippen LogP contribution in [0.25, 0.3) is 0 Å². The molecule has 0 spiro atoms. The zero-order valence-electron chi connectivity index (χ0n) is 8.08. The highest BCUT2D eigenvalue weighted by atomic mass is 16.4. The molecule has 1 saturated carbocycles. The quantitative estimate of drug-likeness (QED) is 0.616. The third-order valence-corrected chi connectivity index (χ3v) is 3.25. The van der Waals surface area contributed by atoms with Gasteiger partial charge in [0, 0.05) is 0 Å². The summed E-state index contributed by atoms with van der Waals surface area (Å²) >= 11 is 0. The van der Waals surface area contributed by atoms with Crippen molar-refractivity contribution in [1.82, 2.24) is 0 Å². The summed E-state index contributed by atoms with van der Waals surface area (Å²) in [4.78, 5) is 0. The average molecular weight is 170 g/mol. The first kappa shape index (κ1) is 10.1. The maximum Gasteiger partial charge on any atom is 0.451 e. The summed E-state index contributed by atoms with van der Waals surface area (Å²) in [7, 11) is -1.10. The van der Waals surface area contributed by atoms with Gasteiger partial charge in [-0.05, 0) is 36.9 Å². The van der Waals surface area contributed by atoms with E-state index in [1.807, 2.05) is 0 Å². The van der Waals surface area contributed by atoms with Crippen LogP contribution in [0.2, 0.25) is 6.32 Å². The Labute approximate surface area is 75.1 Å². The van der Waals surface area contributed by atoms with Gasteiger partial charge >= 0.3 is 7.12 Å². The molecule has 2 nitrogen and oxygen atoms in total. The summed E-state index contributed by atoms with van der Waals surface area (Å²) in [5, 5.41) is 17.3. The van der Waals surface area contributed by atoms with Crippen LogP contribution in [0.4, 0.5) is 0 Å². The molecule has 70 valence electrons. The van der Waals surface area contributed by atoms with E-state index in [1.165, 1.54) is 19.3 Å². The predicted molar refractivity (Wildman–Crippen MR) is 50.7 cm³/mol. The molecule has 0 aliphatic heterocycles. The van der Waals surface area contributed by atoms with Crippen LogP contribution in [0, 0.1) is 11.3 Å². The molecule has 0 unspecified atom stereocenters. The summed E-state index contributed by atoms with van der Waals surface area (Å²) in [6, 6.07) is 0. The molecule has 0 amide bonds. The first-order chi connectivity index (χ1) is 5.57. The Morgan fingerprint density at radius 1 is 1.33 bits per heavy atom. The van der Waals surface area contributed by atoms with E-state index < -0.39 is 7.12 Å². The summed E-state index contributed by atoms with van der Waals surface area (Å²) < 4.78 is 0. The van der Waals surface area contributed by atoms with Gasteiger partial charge in [-0.25, -0.2) is 0 Å². The van der Waals surface area contributed by atoms with Crippen molar-refractivity contribution >= 4 is 7.12 Å². The third-order valence-electron chi connectivity index (χ3n) is 3.25. The Bertz CT molecular complexity index is 141. The zero-order valence-corrected chi connectivity index (χ0v) is 8.08. The van der Waals surface area contributed by atoms with E-state index in [2.05, 4.69) is 13.8 Å². The van der Waals surface area contributed by atoms with Crippen molar-refractivity contribution in [2.45, 2.75) is 45.9 Å². The lowest BCUT2D eigenvalue weighted by atomic mass is 9.79.